The van der Waals surface area contributed by atoms with Crippen molar-refractivity contribution in [1.29, 1.82) is 5.26 Å². The van der Waals surface area contributed by atoms with Crippen LogP contribution in [-0.2, 0) is 17.5 Å². The van der Waals surface area contributed by atoms with Gasteiger partial charge in [-0.3, -0.25) is 4.79 Å². The number of carbonyl (C=O) groups is 1. The van der Waals surface area contributed by atoms with Crippen molar-refractivity contribution in [3.05, 3.63) is 46.3 Å². The molecule has 0 aliphatic heterocycles. The molecule has 0 bridgehead atoms. The Labute approximate surface area is 190 Å². The van der Waals surface area contributed by atoms with Crippen LogP contribution in [0.2, 0.25) is 0 Å². The van der Waals surface area contributed by atoms with Gasteiger partial charge in [0.1, 0.15) is 11.1 Å². The van der Waals surface area contributed by atoms with Crippen LogP contribution in [0.3, 0.4) is 0 Å². The van der Waals surface area contributed by atoms with Gasteiger partial charge >= 0.3 is 6.18 Å². The molecule has 0 aliphatic carbocycles. The van der Waals surface area contributed by atoms with Crippen LogP contribution in [0.1, 0.15) is 36.1 Å². The molecule has 0 atom stereocenters. The van der Waals surface area contributed by atoms with Gasteiger partial charge in [-0.15, -0.1) is 21.5 Å². The second-order valence-corrected chi connectivity index (χ2v) is 8.59. The zero-order valence-corrected chi connectivity index (χ0v) is 18.8. The molecule has 0 saturated heterocycles. The first kappa shape index (κ1) is 23.7. The molecule has 0 aromatic carbocycles. The molecule has 1 amide bonds. The Hall–Kier alpha value is -2.91. The Balaban J connectivity index is 1.73. The summed E-state index contributed by atoms with van der Waals surface area (Å²) < 4.78 is 45.5. The molecule has 3 aromatic rings. The summed E-state index contributed by atoms with van der Waals surface area (Å²) in [4.78, 5) is 19.1. The molecule has 0 aliphatic rings. The van der Waals surface area contributed by atoms with Crippen LogP contribution in [0.4, 0.5) is 13.2 Å². The Morgan fingerprint density at radius 3 is 2.78 bits per heavy atom. The third kappa shape index (κ3) is 5.66. The number of thioether (sulfide) groups is 1. The minimum absolute atomic E-state index is 0.0752. The lowest BCUT2D eigenvalue weighted by Crippen LogP contribution is -2.32. The Morgan fingerprint density at radius 1 is 1.38 bits per heavy atom. The molecule has 32 heavy (non-hydrogen) atoms. The zero-order chi connectivity index (χ0) is 23.3. The minimum atomic E-state index is -4.69. The fourth-order valence-corrected chi connectivity index (χ4v) is 4.44. The van der Waals surface area contributed by atoms with E-state index in [1.165, 1.54) is 23.2 Å². The first-order valence-corrected chi connectivity index (χ1v) is 11.3. The van der Waals surface area contributed by atoms with Gasteiger partial charge in [-0.25, -0.2) is 4.98 Å². The number of aryl methyl sites for hydroxylation is 1. The van der Waals surface area contributed by atoms with E-state index in [-0.39, 0.29) is 34.8 Å². The first-order valence-electron chi connectivity index (χ1n) is 9.48. The van der Waals surface area contributed by atoms with Crippen LogP contribution < -0.4 is 0 Å². The van der Waals surface area contributed by atoms with Crippen molar-refractivity contribution in [2.75, 3.05) is 12.3 Å². The summed E-state index contributed by atoms with van der Waals surface area (Å²) in [5.41, 5.74) is -1.52. The van der Waals surface area contributed by atoms with Crippen LogP contribution in [0.5, 0.6) is 0 Å². The summed E-state index contributed by atoms with van der Waals surface area (Å²) in [6.07, 6.45) is -4.03. The van der Waals surface area contributed by atoms with E-state index in [0.717, 1.165) is 22.7 Å². The number of rotatable bonds is 8. The fourth-order valence-electron chi connectivity index (χ4n) is 2.84. The van der Waals surface area contributed by atoms with Crippen molar-refractivity contribution >= 4 is 29.0 Å². The first-order chi connectivity index (χ1) is 15.2. The van der Waals surface area contributed by atoms with Gasteiger partial charge in [0, 0.05) is 12.2 Å². The fraction of sp³-hybridized carbons (Fsp3) is 0.350. The van der Waals surface area contributed by atoms with Crippen molar-refractivity contribution in [2.45, 2.75) is 38.0 Å². The number of aromatic nitrogens is 3. The van der Waals surface area contributed by atoms with Gasteiger partial charge in [-0.2, -0.15) is 18.4 Å². The third-order valence-electron chi connectivity index (χ3n) is 4.24. The highest BCUT2D eigenvalue weighted by atomic mass is 32.2. The highest BCUT2D eigenvalue weighted by Crippen LogP contribution is 2.36. The van der Waals surface area contributed by atoms with E-state index >= 15 is 0 Å². The molecule has 7 nitrogen and oxygen atoms in total. The smallest absolute Gasteiger partial charge is 0.417 e. The van der Waals surface area contributed by atoms with E-state index in [2.05, 4.69) is 15.2 Å². The Bertz CT molecular complexity index is 1120. The summed E-state index contributed by atoms with van der Waals surface area (Å²) in [6.45, 7) is 3.78. The molecule has 0 unspecified atom stereocenters. The second kappa shape index (κ2) is 10.1. The van der Waals surface area contributed by atoms with Gasteiger partial charge in [0.15, 0.2) is 0 Å². The molecule has 3 aromatic heterocycles. The monoisotopic (exact) mass is 481 g/mol. The minimum Gasteiger partial charge on any atom is -0.418 e. The van der Waals surface area contributed by atoms with Crippen molar-refractivity contribution in [1.82, 2.24) is 20.1 Å². The lowest BCUT2D eigenvalue weighted by atomic mass is 10.1. The third-order valence-corrected chi connectivity index (χ3v) is 6.05. The molecule has 3 heterocycles. The summed E-state index contributed by atoms with van der Waals surface area (Å²) in [5.74, 6) is 0.0870. The maximum Gasteiger partial charge on any atom is 0.417 e. The quantitative estimate of drug-likeness (QED) is 0.421. The van der Waals surface area contributed by atoms with Crippen molar-refractivity contribution in [3.8, 4) is 16.8 Å². The molecule has 0 spiro atoms. The van der Waals surface area contributed by atoms with Gasteiger partial charge in [-0.05, 0) is 30.9 Å². The lowest BCUT2D eigenvalue weighted by molar-refractivity contribution is -0.138. The number of hydrogen-bond acceptors (Lipinski definition) is 8. The number of halogens is 3. The molecule has 0 radical (unpaired) electrons. The number of thiophene rings is 1. The normalized spacial score (nSPS) is 11.4. The van der Waals surface area contributed by atoms with Crippen molar-refractivity contribution < 1.29 is 22.4 Å². The van der Waals surface area contributed by atoms with Gasteiger partial charge in [-0.1, -0.05) is 24.8 Å². The number of nitrogens with zero attached hydrogens (tertiary/aromatic N) is 5. The van der Waals surface area contributed by atoms with E-state index in [0.29, 0.717) is 18.9 Å². The van der Waals surface area contributed by atoms with Crippen molar-refractivity contribution in [3.63, 3.8) is 0 Å². The van der Waals surface area contributed by atoms with Crippen LogP contribution in [0.25, 0.3) is 10.8 Å². The summed E-state index contributed by atoms with van der Waals surface area (Å²) in [5, 5.41) is 19.0. The molecule has 3 rings (SSSR count). The van der Waals surface area contributed by atoms with Crippen LogP contribution >= 0.6 is 23.1 Å². The largest absolute Gasteiger partial charge is 0.418 e. The van der Waals surface area contributed by atoms with Gasteiger partial charge in [0.25, 0.3) is 5.89 Å². The molecule has 0 fully saturated rings. The molecular weight excluding hydrogens is 463 g/mol. The lowest BCUT2D eigenvalue weighted by Gasteiger charge is -2.20. The molecule has 168 valence electrons. The van der Waals surface area contributed by atoms with E-state index in [1.807, 2.05) is 24.4 Å². The van der Waals surface area contributed by atoms with Crippen LogP contribution in [0, 0.1) is 18.3 Å². The molecule has 0 saturated carbocycles. The number of nitriles is 1. The second-order valence-electron chi connectivity index (χ2n) is 6.68. The summed E-state index contributed by atoms with van der Waals surface area (Å²) in [7, 11) is 0. The summed E-state index contributed by atoms with van der Waals surface area (Å²) in [6, 6.07) is 6.09. The van der Waals surface area contributed by atoms with Gasteiger partial charge in [0.05, 0.1) is 28.3 Å². The van der Waals surface area contributed by atoms with Gasteiger partial charge in [0.2, 0.25) is 11.8 Å². The number of pyridine rings is 1. The maximum atomic E-state index is 13.3. The number of alkyl halides is 3. The van der Waals surface area contributed by atoms with E-state index < -0.39 is 17.3 Å². The van der Waals surface area contributed by atoms with Crippen molar-refractivity contribution in [2.24, 2.45) is 0 Å². The van der Waals surface area contributed by atoms with E-state index in [1.54, 1.807) is 6.07 Å². The number of hydrogen-bond donors (Lipinski definition) is 0. The maximum absolute atomic E-state index is 13.3. The average molecular weight is 482 g/mol. The van der Waals surface area contributed by atoms with Gasteiger partial charge < -0.3 is 9.32 Å². The molecular formula is C20H18F3N5O2S2. The highest BCUT2D eigenvalue weighted by Gasteiger charge is 2.35. The SMILES string of the molecule is CCCN(Cc1nnc(-c2cccs2)o1)C(=O)CSc1nc(C)cc(C(F)(F)F)c1C#N. The molecule has 12 heteroatoms. The van der Waals surface area contributed by atoms with E-state index in [4.69, 9.17) is 4.42 Å². The van der Waals surface area contributed by atoms with Crippen LogP contribution in [0.15, 0.2) is 33.0 Å². The predicted molar refractivity (Wildman–Crippen MR) is 113 cm³/mol. The topological polar surface area (TPSA) is 95.9 Å². The summed E-state index contributed by atoms with van der Waals surface area (Å²) >= 11 is 2.25. The van der Waals surface area contributed by atoms with Crippen LogP contribution in [-0.4, -0.2) is 38.3 Å². The molecule has 0 N–H and O–H groups in total. The predicted octanol–water partition coefficient (Wildman–Crippen LogP) is 4.92. The standard InChI is InChI=1S/C20H18F3N5O2S2/c1-3-6-28(10-16-26-27-18(30-16)15-5-4-7-31-15)17(29)11-32-19-13(9-24)14(20(21,22)23)8-12(2)25-19/h4-5,7-8H,3,6,10-11H2,1-2H3. The average Bonchev–Trinajstić information content (AvgIpc) is 3.42. The van der Waals surface area contributed by atoms with E-state index in [9.17, 15) is 23.2 Å². The number of amides is 1. The zero-order valence-electron chi connectivity index (χ0n) is 17.1. The number of carbonyl (C=O) groups excluding carboxylic acids is 1. The highest BCUT2D eigenvalue weighted by molar-refractivity contribution is 8.00. The Kier molecular flexibility index (Phi) is 7.52. The Morgan fingerprint density at radius 2 is 2.16 bits per heavy atom.